The van der Waals surface area contributed by atoms with Crippen LogP contribution in [0.25, 0.3) is 22.3 Å². The number of carbonyl (C=O) groups excluding carboxylic acids is 2. The molecule has 3 heterocycles. The Kier molecular flexibility index (Phi) is 4.77. The zero-order valence-corrected chi connectivity index (χ0v) is 14.9. The van der Waals surface area contributed by atoms with E-state index >= 15 is 0 Å². The average molecular weight is 384 g/mol. The number of pyridine rings is 1. The van der Waals surface area contributed by atoms with Crippen molar-refractivity contribution in [2.24, 2.45) is 0 Å². The minimum Gasteiger partial charge on any atom is -0.339 e. The standard InChI is InChI=1S/C20H18F2N4O2/c21-17(22)14-6-2-1-5-13(14)15-11-12-7-8-16(24-18(12)23-15)25-19(27)20(28)26-9-3-4-10-26/h1-2,5-8,11,17H,3-4,9-10H2,(H2,23,24,25,27). The van der Waals surface area contributed by atoms with Gasteiger partial charge in [0, 0.05) is 35.3 Å². The predicted molar refractivity (Wildman–Crippen MR) is 101 cm³/mol. The number of aromatic amines is 1. The maximum absolute atomic E-state index is 13.3. The molecular weight excluding hydrogens is 366 g/mol. The van der Waals surface area contributed by atoms with Crippen molar-refractivity contribution < 1.29 is 18.4 Å². The minimum atomic E-state index is -2.60. The lowest BCUT2D eigenvalue weighted by Crippen LogP contribution is -2.37. The number of H-pyrrole nitrogens is 1. The summed E-state index contributed by atoms with van der Waals surface area (Å²) in [4.78, 5) is 33.1. The van der Waals surface area contributed by atoms with Crippen molar-refractivity contribution in [3.63, 3.8) is 0 Å². The van der Waals surface area contributed by atoms with Gasteiger partial charge in [-0.2, -0.15) is 0 Å². The number of alkyl halides is 2. The highest BCUT2D eigenvalue weighted by molar-refractivity contribution is 6.39. The third kappa shape index (κ3) is 3.45. The molecule has 28 heavy (non-hydrogen) atoms. The lowest BCUT2D eigenvalue weighted by molar-refractivity contribution is -0.142. The Labute approximate surface area is 159 Å². The molecular formula is C20H18F2N4O2. The van der Waals surface area contributed by atoms with Gasteiger partial charge in [0.1, 0.15) is 11.5 Å². The van der Waals surface area contributed by atoms with Gasteiger partial charge >= 0.3 is 11.8 Å². The van der Waals surface area contributed by atoms with E-state index in [-0.39, 0.29) is 11.4 Å². The smallest absolute Gasteiger partial charge is 0.315 e. The number of halogens is 2. The van der Waals surface area contributed by atoms with Gasteiger partial charge in [-0.3, -0.25) is 9.59 Å². The quantitative estimate of drug-likeness (QED) is 0.676. The monoisotopic (exact) mass is 384 g/mol. The van der Waals surface area contributed by atoms with Crippen LogP contribution >= 0.6 is 0 Å². The second-order valence-electron chi connectivity index (χ2n) is 6.66. The number of aromatic nitrogens is 2. The number of hydrogen-bond acceptors (Lipinski definition) is 3. The number of hydrogen-bond donors (Lipinski definition) is 2. The molecule has 2 N–H and O–H groups in total. The number of anilines is 1. The fourth-order valence-electron chi connectivity index (χ4n) is 3.39. The van der Waals surface area contributed by atoms with Crippen LogP contribution in [0.5, 0.6) is 0 Å². The molecule has 0 bridgehead atoms. The van der Waals surface area contributed by atoms with E-state index < -0.39 is 18.2 Å². The van der Waals surface area contributed by atoms with Crippen LogP contribution in [-0.2, 0) is 9.59 Å². The van der Waals surface area contributed by atoms with E-state index in [0.717, 1.165) is 12.8 Å². The Balaban J connectivity index is 1.59. The van der Waals surface area contributed by atoms with Crippen LogP contribution in [0.1, 0.15) is 24.8 Å². The highest BCUT2D eigenvalue weighted by Crippen LogP contribution is 2.32. The Bertz CT molecular complexity index is 1040. The molecule has 1 fully saturated rings. The molecule has 0 aliphatic carbocycles. The highest BCUT2D eigenvalue weighted by atomic mass is 19.3. The Morgan fingerprint density at radius 2 is 1.86 bits per heavy atom. The zero-order valence-electron chi connectivity index (χ0n) is 14.9. The van der Waals surface area contributed by atoms with Crippen LogP contribution in [0.15, 0.2) is 42.5 Å². The number of fused-ring (bicyclic) bond motifs is 1. The van der Waals surface area contributed by atoms with E-state index in [1.165, 1.54) is 11.0 Å². The van der Waals surface area contributed by atoms with Crippen molar-refractivity contribution in [2.45, 2.75) is 19.3 Å². The maximum atomic E-state index is 13.3. The van der Waals surface area contributed by atoms with Crippen LogP contribution < -0.4 is 5.32 Å². The van der Waals surface area contributed by atoms with E-state index in [1.54, 1.807) is 36.4 Å². The number of amides is 2. The van der Waals surface area contributed by atoms with Gasteiger partial charge in [0.25, 0.3) is 6.43 Å². The molecule has 1 aromatic carbocycles. The van der Waals surface area contributed by atoms with Crippen molar-refractivity contribution >= 4 is 28.7 Å². The normalized spacial score (nSPS) is 14.0. The summed E-state index contributed by atoms with van der Waals surface area (Å²) in [5.74, 6) is -1.08. The lowest BCUT2D eigenvalue weighted by atomic mass is 10.1. The first-order valence-corrected chi connectivity index (χ1v) is 9.00. The summed E-state index contributed by atoms with van der Waals surface area (Å²) >= 11 is 0. The summed E-state index contributed by atoms with van der Waals surface area (Å²) in [6.07, 6.45) is -0.801. The average Bonchev–Trinajstić information content (AvgIpc) is 3.36. The molecule has 6 nitrogen and oxygen atoms in total. The van der Waals surface area contributed by atoms with Crippen molar-refractivity contribution in [1.29, 1.82) is 0 Å². The molecule has 1 aliphatic heterocycles. The van der Waals surface area contributed by atoms with Gasteiger partial charge in [0.15, 0.2) is 0 Å². The molecule has 0 unspecified atom stereocenters. The van der Waals surface area contributed by atoms with Gasteiger partial charge in [-0.15, -0.1) is 0 Å². The first-order valence-electron chi connectivity index (χ1n) is 9.00. The predicted octanol–water partition coefficient (Wildman–Crippen LogP) is 3.73. The number of carbonyl (C=O) groups is 2. The SMILES string of the molecule is O=C(Nc1ccc2cc(-c3ccccc3C(F)F)[nH]c2n1)C(=O)N1CCCC1. The molecule has 1 aliphatic rings. The number of nitrogens with one attached hydrogen (secondary N) is 2. The van der Waals surface area contributed by atoms with Gasteiger partial charge in [0.05, 0.1) is 0 Å². The Morgan fingerprint density at radius 1 is 1.11 bits per heavy atom. The van der Waals surface area contributed by atoms with Crippen molar-refractivity contribution in [3.8, 4) is 11.3 Å². The number of rotatable bonds is 3. The molecule has 1 saturated heterocycles. The topological polar surface area (TPSA) is 78.1 Å². The van der Waals surface area contributed by atoms with Crippen LogP contribution in [0.3, 0.4) is 0 Å². The van der Waals surface area contributed by atoms with Crippen LogP contribution in [0.2, 0.25) is 0 Å². The third-order valence-corrected chi connectivity index (χ3v) is 4.79. The Morgan fingerprint density at radius 3 is 2.61 bits per heavy atom. The van der Waals surface area contributed by atoms with E-state index in [9.17, 15) is 18.4 Å². The van der Waals surface area contributed by atoms with Gasteiger partial charge < -0.3 is 15.2 Å². The molecule has 2 aromatic heterocycles. The van der Waals surface area contributed by atoms with Crippen molar-refractivity contribution in [1.82, 2.24) is 14.9 Å². The third-order valence-electron chi connectivity index (χ3n) is 4.79. The second kappa shape index (κ2) is 7.38. The summed E-state index contributed by atoms with van der Waals surface area (Å²) < 4.78 is 26.5. The molecule has 0 spiro atoms. The van der Waals surface area contributed by atoms with E-state index in [0.29, 0.717) is 35.4 Å². The van der Waals surface area contributed by atoms with Crippen molar-refractivity contribution in [3.05, 3.63) is 48.0 Å². The molecule has 8 heteroatoms. The van der Waals surface area contributed by atoms with Gasteiger partial charge in [-0.05, 0) is 31.0 Å². The number of nitrogens with zero attached hydrogens (tertiary/aromatic N) is 2. The first-order chi connectivity index (χ1) is 13.5. The molecule has 0 atom stereocenters. The number of benzene rings is 1. The summed E-state index contributed by atoms with van der Waals surface area (Å²) in [6.45, 7) is 1.17. The summed E-state index contributed by atoms with van der Waals surface area (Å²) in [5.41, 5.74) is 1.27. The van der Waals surface area contributed by atoms with Gasteiger partial charge in [0.2, 0.25) is 0 Å². The first kappa shape index (κ1) is 18.1. The molecule has 3 aromatic rings. The molecule has 2 amide bonds. The fraction of sp³-hybridized carbons (Fsp3) is 0.250. The van der Waals surface area contributed by atoms with Gasteiger partial charge in [-0.25, -0.2) is 13.8 Å². The lowest BCUT2D eigenvalue weighted by Gasteiger charge is -2.14. The highest BCUT2D eigenvalue weighted by Gasteiger charge is 2.24. The van der Waals surface area contributed by atoms with E-state index in [4.69, 9.17) is 0 Å². The fourth-order valence-corrected chi connectivity index (χ4v) is 3.39. The molecule has 4 rings (SSSR count). The molecule has 144 valence electrons. The van der Waals surface area contributed by atoms with Gasteiger partial charge in [-0.1, -0.05) is 24.3 Å². The summed E-state index contributed by atoms with van der Waals surface area (Å²) in [5, 5.41) is 3.22. The van der Waals surface area contributed by atoms with E-state index in [1.807, 2.05) is 0 Å². The molecule has 0 radical (unpaired) electrons. The maximum Gasteiger partial charge on any atom is 0.315 e. The van der Waals surface area contributed by atoms with Crippen LogP contribution in [0, 0.1) is 0 Å². The largest absolute Gasteiger partial charge is 0.339 e. The van der Waals surface area contributed by atoms with Crippen LogP contribution in [0.4, 0.5) is 14.6 Å². The van der Waals surface area contributed by atoms with Crippen LogP contribution in [-0.4, -0.2) is 39.8 Å². The minimum absolute atomic E-state index is 0.0706. The Hall–Kier alpha value is -3.29. The summed E-state index contributed by atoms with van der Waals surface area (Å²) in [6, 6.07) is 11.3. The van der Waals surface area contributed by atoms with Crippen molar-refractivity contribution in [2.75, 3.05) is 18.4 Å². The molecule has 0 saturated carbocycles. The second-order valence-corrected chi connectivity index (χ2v) is 6.66. The van der Waals surface area contributed by atoms with E-state index in [2.05, 4.69) is 15.3 Å². The zero-order chi connectivity index (χ0) is 19.7. The summed E-state index contributed by atoms with van der Waals surface area (Å²) in [7, 11) is 0. The number of likely N-dealkylation sites (tertiary alicyclic amines) is 1.